The Morgan fingerprint density at radius 2 is 2.08 bits per heavy atom. The van der Waals surface area contributed by atoms with Gasteiger partial charge in [-0.05, 0) is 38.8 Å². The van der Waals surface area contributed by atoms with E-state index >= 15 is 0 Å². The highest BCUT2D eigenvalue weighted by molar-refractivity contribution is 4.89. The molecule has 1 aliphatic rings. The Morgan fingerprint density at radius 1 is 1.50 bits per heavy atom. The summed E-state index contributed by atoms with van der Waals surface area (Å²) in [5.41, 5.74) is 0. The van der Waals surface area contributed by atoms with Gasteiger partial charge < -0.3 is 0 Å². The number of rotatable bonds is 2. The zero-order valence-corrected chi connectivity index (χ0v) is 8.08. The molecule has 0 aromatic heterocycles. The second-order valence-electron chi connectivity index (χ2n) is 3.69. The van der Waals surface area contributed by atoms with Crippen LogP contribution in [0.25, 0.3) is 0 Å². The fourth-order valence-electron chi connectivity index (χ4n) is 1.83. The van der Waals surface area contributed by atoms with Crippen LogP contribution in [0.1, 0.15) is 33.1 Å². The Balaban J connectivity index is 2.31. The minimum absolute atomic E-state index is 0.114. The van der Waals surface area contributed by atoms with Crippen molar-refractivity contribution < 1.29 is 0 Å². The highest BCUT2D eigenvalue weighted by Crippen LogP contribution is 2.20. The Bertz CT molecular complexity index is 163. The normalized spacial score (nSPS) is 23.4. The number of likely N-dealkylation sites (tertiary alicyclic amines) is 1. The monoisotopic (exact) mass is 166 g/mol. The highest BCUT2D eigenvalue weighted by Gasteiger charge is 2.20. The van der Waals surface area contributed by atoms with Gasteiger partial charge in [-0.2, -0.15) is 5.26 Å². The zero-order chi connectivity index (χ0) is 8.97. The molecule has 0 radical (unpaired) electrons. The molecule has 1 fully saturated rings. The van der Waals surface area contributed by atoms with Gasteiger partial charge in [-0.1, -0.05) is 13.3 Å². The molecule has 1 unspecified atom stereocenters. The van der Waals surface area contributed by atoms with Crippen molar-refractivity contribution in [1.29, 1.82) is 5.26 Å². The van der Waals surface area contributed by atoms with E-state index in [2.05, 4.69) is 17.9 Å². The van der Waals surface area contributed by atoms with Crippen LogP contribution in [-0.2, 0) is 0 Å². The van der Waals surface area contributed by atoms with Crippen LogP contribution >= 0.6 is 0 Å². The van der Waals surface area contributed by atoms with E-state index in [4.69, 9.17) is 5.26 Å². The molecule has 1 atom stereocenters. The number of hydrogen-bond acceptors (Lipinski definition) is 2. The van der Waals surface area contributed by atoms with Crippen molar-refractivity contribution in [2.45, 2.75) is 39.2 Å². The van der Waals surface area contributed by atoms with Crippen LogP contribution in [0.3, 0.4) is 0 Å². The fraction of sp³-hybridized carbons (Fsp3) is 0.900. The standard InChI is InChI=1S/C10H18N2/c1-3-10-4-6-12(7-5-10)9(2)8-11/h9-10H,3-7H2,1-2H3. The average Bonchev–Trinajstić information content (AvgIpc) is 2.17. The molecule has 1 saturated heterocycles. The first-order chi connectivity index (χ1) is 5.77. The molecule has 0 saturated carbocycles. The average molecular weight is 166 g/mol. The zero-order valence-electron chi connectivity index (χ0n) is 8.08. The molecule has 2 heteroatoms. The third-order valence-electron chi connectivity index (χ3n) is 2.96. The number of nitrogens with zero attached hydrogens (tertiary/aromatic N) is 2. The molecule has 0 N–H and O–H groups in total. The van der Waals surface area contributed by atoms with Crippen LogP contribution in [0.15, 0.2) is 0 Å². The van der Waals surface area contributed by atoms with Crippen molar-refractivity contribution in [2.75, 3.05) is 13.1 Å². The van der Waals surface area contributed by atoms with Gasteiger partial charge in [0.25, 0.3) is 0 Å². The summed E-state index contributed by atoms with van der Waals surface area (Å²) in [4.78, 5) is 2.28. The number of hydrogen-bond donors (Lipinski definition) is 0. The van der Waals surface area contributed by atoms with Gasteiger partial charge in [-0.25, -0.2) is 0 Å². The summed E-state index contributed by atoms with van der Waals surface area (Å²) < 4.78 is 0. The molecule has 0 aliphatic carbocycles. The van der Waals surface area contributed by atoms with Gasteiger partial charge in [0.15, 0.2) is 0 Å². The lowest BCUT2D eigenvalue weighted by molar-refractivity contribution is 0.163. The molecule has 0 spiro atoms. The van der Waals surface area contributed by atoms with Crippen LogP contribution in [0.2, 0.25) is 0 Å². The first kappa shape index (κ1) is 9.54. The molecular weight excluding hydrogens is 148 g/mol. The first-order valence-electron chi connectivity index (χ1n) is 4.91. The minimum Gasteiger partial charge on any atom is -0.288 e. The highest BCUT2D eigenvalue weighted by atomic mass is 15.2. The van der Waals surface area contributed by atoms with E-state index in [1.165, 1.54) is 19.3 Å². The van der Waals surface area contributed by atoms with Crippen molar-refractivity contribution in [3.63, 3.8) is 0 Å². The fourth-order valence-corrected chi connectivity index (χ4v) is 1.83. The Hall–Kier alpha value is -0.550. The van der Waals surface area contributed by atoms with E-state index in [1.54, 1.807) is 0 Å². The lowest BCUT2D eigenvalue weighted by Crippen LogP contribution is -2.39. The molecule has 68 valence electrons. The molecule has 0 amide bonds. The summed E-state index contributed by atoms with van der Waals surface area (Å²) in [6, 6.07) is 2.41. The van der Waals surface area contributed by atoms with Crippen LogP contribution in [0, 0.1) is 17.2 Å². The lowest BCUT2D eigenvalue weighted by Gasteiger charge is -2.32. The summed E-state index contributed by atoms with van der Waals surface area (Å²) in [6.07, 6.45) is 3.86. The van der Waals surface area contributed by atoms with Crippen LogP contribution < -0.4 is 0 Å². The van der Waals surface area contributed by atoms with Crippen molar-refractivity contribution in [3.05, 3.63) is 0 Å². The van der Waals surface area contributed by atoms with E-state index in [-0.39, 0.29) is 6.04 Å². The van der Waals surface area contributed by atoms with Crippen molar-refractivity contribution in [2.24, 2.45) is 5.92 Å². The summed E-state index contributed by atoms with van der Waals surface area (Å²) in [6.45, 7) is 6.49. The molecular formula is C10H18N2. The van der Waals surface area contributed by atoms with E-state index in [1.807, 2.05) is 6.92 Å². The number of piperidine rings is 1. The largest absolute Gasteiger partial charge is 0.288 e. The smallest absolute Gasteiger partial charge is 0.0949 e. The van der Waals surface area contributed by atoms with Gasteiger partial charge in [0, 0.05) is 0 Å². The maximum Gasteiger partial charge on any atom is 0.0949 e. The van der Waals surface area contributed by atoms with Gasteiger partial charge >= 0.3 is 0 Å². The van der Waals surface area contributed by atoms with Crippen LogP contribution in [-0.4, -0.2) is 24.0 Å². The van der Waals surface area contributed by atoms with Gasteiger partial charge in [-0.3, -0.25) is 4.90 Å². The molecule has 0 aromatic carbocycles. The minimum atomic E-state index is 0.114. The van der Waals surface area contributed by atoms with E-state index in [0.717, 1.165) is 19.0 Å². The summed E-state index contributed by atoms with van der Waals surface area (Å²) in [5, 5.41) is 8.72. The van der Waals surface area contributed by atoms with Crippen molar-refractivity contribution in [3.8, 4) is 6.07 Å². The molecule has 1 rings (SSSR count). The van der Waals surface area contributed by atoms with Crippen LogP contribution in [0.4, 0.5) is 0 Å². The van der Waals surface area contributed by atoms with Gasteiger partial charge in [0.05, 0.1) is 12.1 Å². The summed E-state index contributed by atoms with van der Waals surface area (Å²) >= 11 is 0. The van der Waals surface area contributed by atoms with E-state index in [9.17, 15) is 0 Å². The third kappa shape index (κ3) is 2.22. The van der Waals surface area contributed by atoms with Gasteiger partial charge in [0.2, 0.25) is 0 Å². The van der Waals surface area contributed by atoms with Gasteiger partial charge in [-0.15, -0.1) is 0 Å². The van der Waals surface area contributed by atoms with Crippen LogP contribution in [0.5, 0.6) is 0 Å². The molecule has 1 aliphatic heterocycles. The molecule has 0 aromatic rings. The summed E-state index contributed by atoms with van der Waals surface area (Å²) in [5.74, 6) is 0.909. The molecule has 12 heavy (non-hydrogen) atoms. The summed E-state index contributed by atoms with van der Waals surface area (Å²) in [7, 11) is 0. The topological polar surface area (TPSA) is 27.0 Å². The predicted octanol–water partition coefficient (Wildman–Crippen LogP) is 2.02. The van der Waals surface area contributed by atoms with Crippen molar-refractivity contribution in [1.82, 2.24) is 4.90 Å². The Morgan fingerprint density at radius 3 is 2.50 bits per heavy atom. The van der Waals surface area contributed by atoms with Crippen molar-refractivity contribution >= 4 is 0 Å². The van der Waals surface area contributed by atoms with E-state index < -0.39 is 0 Å². The van der Waals surface area contributed by atoms with E-state index in [0.29, 0.717) is 0 Å². The van der Waals surface area contributed by atoms with Gasteiger partial charge in [0.1, 0.15) is 0 Å². The first-order valence-corrected chi connectivity index (χ1v) is 4.91. The maximum atomic E-state index is 8.72. The Kier molecular flexibility index (Phi) is 3.55. The predicted molar refractivity (Wildman–Crippen MR) is 49.7 cm³/mol. The Labute approximate surface area is 75.2 Å². The molecule has 2 nitrogen and oxygen atoms in total. The molecule has 1 heterocycles. The second kappa shape index (κ2) is 4.47. The quantitative estimate of drug-likeness (QED) is 0.627. The second-order valence-corrected chi connectivity index (χ2v) is 3.69. The third-order valence-corrected chi connectivity index (χ3v) is 2.96. The number of nitriles is 1. The molecule has 0 bridgehead atoms. The lowest BCUT2D eigenvalue weighted by atomic mass is 9.94. The SMILES string of the molecule is CCC1CCN(C(C)C#N)CC1. The maximum absolute atomic E-state index is 8.72.